The quantitative estimate of drug-likeness (QED) is 0.524. The summed E-state index contributed by atoms with van der Waals surface area (Å²) in [6, 6.07) is 19.7. The Hall–Kier alpha value is -2.88. The minimum Gasteiger partial charge on any atom is -0.468 e. The van der Waals surface area contributed by atoms with Crippen LogP contribution in [0.2, 0.25) is 0 Å². The number of nitrogens with one attached hydrogen (secondary N) is 1. The van der Waals surface area contributed by atoms with Gasteiger partial charge in [-0.25, -0.2) is 0 Å². The van der Waals surface area contributed by atoms with E-state index in [9.17, 15) is 4.79 Å². The molecule has 0 aliphatic carbocycles. The number of aliphatic imine (C=N–C) groups is 1. The Labute approximate surface area is 136 Å². The van der Waals surface area contributed by atoms with E-state index in [-0.39, 0.29) is 12.5 Å². The van der Waals surface area contributed by atoms with Gasteiger partial charge in [-0.1, -0.05) is 66.7 Å². The van der Waals surface area contributed by atoms with Gasteiger partial charge in [0.05, 0.1) is 7.11 Å². The Morgan fingerprint density at radius 2 is 1.61 bits per heavy atom. The average Bonchev–Trinajstić information content (AvgIpc) is 2.63. The Bertz CT molecular complexity index is 692. The summed E-state index contributed by atoms with van der Waals surface area (Å²) in [5.74, 6) is 0.259. The highest BCUT2D eigenvalue weighted by Crippen LogP contribution is 2.12. The van der Waals surface area contributed by atoms with Gasteiger partial charge in [-0.2, -0.15) is 0 Å². The molecule has 23 heavy (non-hydrogen) atoms. The zero-order valence-corrected chi connectivity index (χ0v) is 13.3. The van der Waals surface area contributed by atoms with Gasteiger partial charge in [0.15, 0.2) is 0 Å². The first kappa shape index (κ1) is 16.5. The van der Waals surface area contributed by atoms with Crippen LogP contribution in [-0.4, -0.2) is 25.5 Å². The van der Waals surface area contributed by atoms with Gasteiger partial charge in [0.2, 0.25) is 0 Å². The van der Waals surface area contributed by atoms with Crippen molar-refractivity contribution in [2.75, 3.05) is 13.7 Å². The maximum Gasteiger partial charge on any atom is 0.327 e. The number of allylic oxidation sites excluding steroid dienone is 1. The summed E-state index contributed by atoms with van der Waals surface area (Å²) in [6.07, 6.45) is 1.98. The monoisotopic (exact) mass is 308 g/mol. The van der Waals surface area contributed by atoms with Crippen LogP contribution in [-0.2, 0) is 9.53 Å². The second-order valence-corrected chi connectivity index (χ2v) is 4.80. The van der Waals surface area contributed by atoms with Crippen molar-refractivity contribution in [1.82, 2.24) is 5.32 Å². The van der Waals surface area contributed by atoms with Crippen molar-refractivity contribution in [3.05, 3.63) is 77.9 Å². The molecule has 4 nitrogen and oxygen atoms in total. The number of carbonyl (C=O) groups is 1. The number of methoxy groups -OCH3 is 1. The fraction of sp³-hybridized carbons (Fsp3) is 0.158. The molecule has 0 saturated heterocycles. The normalized spacial score (nSPS) is 11.9. The summed E-state index contributed by atoms with van der Waals surface area (Å²) in [7, 11) is 1.36. The van der Waals surface area contributed by atoms with Crippen molar-refractivity contribution in [1.29, 1.82) is 0 Å². The van der Waals surface area contributed by atoms with Crippen molar-refractivity contribution >= 4 is 17.5 Å². The fourth-order valence-electron chi connectivity index (χ4n) is 2.06. The minimum absolute atomic E-state index is 0.0283. The Balaban J connectivity index is 2.29. The van der Waals surface area contributed by atoms with E-state index in [0.29, 0.717) is 5.84 Å². The van der Waals surface area contributed by atoms with E-state index < -0.39 is 0 Å². The number of benzene rings is 2. The van der Waals surface area contributed by atoms with Crippen LogP contribution in [0.4, 0.5) is 0 Å². The van der Waals surface area contributed by atoms with Gasteiger partial charge in [0.25, 0.3) is 0 Å². The van der Waals surface area contributed by atoms with Crippen molar-refractivity contribution < 1.29 is 9.53 Å². The first-order valence-electron chi connectivity index (χ1n) is 7.40. The third-order valence-electron chi connectivity index (χ3n) is 3.27. The highest BCUT2D eigenvalue weighted by molar-refractivity contribution is 6.04. The molecule has 0 spiro atoms. The topological polar surface area (TPSA) is 50.7 Å². The number of nitrogens with zero attached hydrogens (tertiary/aromatic N) is 1. The largest absolute Gasteiger partial charge is 0.468 e. The molecule has 0 saturated carbocycles. The second-order valence-electron chi connectivity index (χ2n) is 4.80. The Morgan fingerprint density at radius 3 is 2.13 bits per heavy atom. The van der Waals surface area contributed by atoms with E-state index >= 15 is 0 Å². The van der Waals surface area contributed by atoms with Gasteiger partial charge in [0, 0.05) is 11.3 Å². The Kier molecular flexibility index (Phi) is 6.12. The van der Waals surface area contributed by atoms with Crippen molar-refractivity contribution in [3.8, 4) is 0 Å². The molecule has 0 unspecified atom stereocenters. The molecule has 0 fully saturated rings. The number of hydrogen-bond acceptors (Lipinski definition) is 3. The summed E-state index contributed by atoms with van der Waals surface area (Å²) < 4.78 is 4.66. The number of carbonyl (C=O) groups excluding carboxylic acids is 1. The van der Waals surface area contributed by atoms with Gasteiger partial charge in [-0.15, -0.1) is 0 Å². The molecule has 0 atom stereocenters. The lowest BCUT2D eigenvalue weighted by atomic mass is 10.1. The SMILES string of the molecule is CC=C(NC(=NCC(=O)OC)c1ccccc1)c1ccccc1. The van der Waals surface area contributed by atoms with Gasteiger partial charge < -0.3 is 10.1 Å². The average molecular weight is 308 g/mol. The maximum atomic E-state index is 11.4. The number of esters is 1. The van der Waals surface area contributed by atoms with E-state index in [0.717, 1.165) is 16.8 Å². The van der Waals surface area contributed by atoms with E-state index in [1.54, 1.807) is 0 Å². The molecular weight excluding hydrogens is 288 g/mol. The molecule has 118 valence electrons. The molecule has 0 aliphatic heterocycles. The summed E-state index contributed by atoms with van der Waals surface area (Å²) in [5, 5.41) is 3.32. The highest BCUT2D eigenvalue weighted by atomic mass is 16.5. The van der Waals surface area contributed by atoms with E-state index in [1.807, 2.05) is 73.7 Å². The fourth-order valence-corrected chi connectivity index (χ4v) is 2.06. The predicted octanol–water partition coefficient (Wildman–Crippen LogP) is 3.26. The standard InChI is InChI=1S/C19H20N2O2/c1-3-17(15-10-6-4-7-11-15)21-19(20-14-18(22)23-2)16-12-8-5-9-13-16/h3-13H,14H2,1-2H3,(H,20,21). The molecule has 0 amide bonds. The highest BCUT2D eigenvalue weighted by Gasteiger charge is 2.08. The molecule has 2 aromatic carbocycles. The molecule has 0 radical (unpaired) electrons. The molecule has 2 rings (SSSR count). The summed E-state index contributed by atoms with van der Waals surface area (Å²) >= 11 is 0. The van der Waals surface area contributed by atoms with Gasteiger partial charge in [0.1, 0.15) is 12.4 Å². The van der Waals surface area contributed by atoms with Gasteiger partial charge in [-0.05, 0) is 12.5 Å². The molecule has 1 N–H and O–H groups in total. The Morgan fingerprint density at radius 1 is 1.04 bits per heavy atom. The van der Waals surface area contributed by atoms with Crippen LogP contribution in [0.15, 0.2) is 71.7 Å². The molecule has 0 bridgehead atoms. The third kappa shape index (κ3) is 4.81. The van der Waals surface area contributed by atoms with Crippen LogP contribution in [0, 0.1) is 0 Å². The minimum atomic E-state index is -0.373. The first-order valence-corrected chi connectivity index (χ1v) is 7.40. The van der Waals surface area contributed by atoms with Crippen LogP contribution in [0.25, 0.3) is 5.70 Å². The molecular formula is C19H20N2O2. The van der Waals surface area contributed by atoms with E-state index in [1.165, 1.54) is 7.11 Å². The molecule has 0 heterocycles. The van der Waals surface area contributed by atoms with Crippen molar-refractivity contribution in [2.45, 2.75) is 6.92 Å². The van der Waals surface area contributed by atoms with Crippen LogP contribution < -0.4 is 5.32 Å². The van der Waals surface area contributed by atoms with Crippen LogP contribution >= 0.6 is 0 Å². The number of hydrogen-bond donors (Lipinski definition) is 1. The summed E-state index contributed by atoms with van der Waals surface area (Å²) in [5.41, 5.74) is 2.89. The van der Waals surface area contributed by atoms with E-state index in [2.05, 4.69) is 15.0 Å². The second kappa shape index (κ2) is 8.54. The number of amidine groups is 1. The van der Waals surface area contributed by atoms with Crippen LogP contribution in [0.1, 0.15) is 18.1 Å². The molecule has 4 heteroatoms. The zero-order valence-electron chi connectivity index (χ0n) is 13.3. The summed E-state index contributed by atoms with van der Waals surface area (Å²) in [6.45, 7) is 1.93. The first-order chi connectivity index (χ1) is 11.2. The summed E-state index contributed by atoms with van der Waals surface area (Å²) in [4.78, 5) is 15.8. The molecule has 0 aliphatic rings. The number of rotatable bonds is 5. The van der Waals surface area contributed by atoms with Gasteiger partial charge in [-0.3, -0.25) is 9.79 Å². The smallest absolute Gasteiger partial charge is 0.327 e. The lowest BCUT2D eigenvalue weighted by Crippen LogP contribution is -2.24. The number of ether oxygens (including phenoxy) is 1. The predicted molar refractivity (Wildman–Crippen MR) is 93.1 cm³/mol. The molecule has 2 aromatic rings. The maximum absolute atomic E-state index is 11.4. The lowest BCUT2D eigenvalue weighted by Gasteiger charge is -2.14. The van der Waals surface area contributed by atoms with Crippen molar-refractivity contribution in [2.24, 2.45) is 4.99 Å². The zero-order chi connectivity index (χ0) is 16.5. The van der Waals surface area contributed by atoms with Crippen molar-refractivity contribution in [3.63, 3.8) is 0 Å². The third-order valence-corrected chi connectivity index (χ3v) is 3.27. The van der Waals surface area contributed by atoms with Crippen LogP contribution in [0.3, 0.4) is 0 Å². The lowest BCUT2D eigenvalue weighted by molar-refractivity contribution is -0.138. The van der Waals surface area contributed by atoms with Crippen LogP contribution in [0.5, 0.6) is 0 Å². The van der Waals surface area contributed by atoms with Gasteiger partial charge >= 0.3 is 5.97 Å². The molecule has 0 aromatic heterocycles. The van der Waals surface area contributed by atoms with E-state index in [4.69, 9.17) is 0 Å².